The molecule has 0 aliphatic carbocycles. The average Bonchev–Trinajstić information content (AvgIpc) is 3.37. The van der Waals surface area contributed by atoms with Crippen LogP contribution in [-0.2, 0) is 19.1 Å². The fourth-order valence-electron chi connectivity index (χ4n) is 4.93. The summed E-state index contributed by atoms with van der Waals surface area (Å²) in [7, 11) is 0. The van der Waals surface area contributed by atoms with Crippen LogP contribution in [0.25, 0.3) is 16.9 Å². The van der Waals surface area contributed by atoms with Crippen LogP contribution >= 0.6 is 0 Å². The van der Waals surface area contributed by atoms with Gasteiger partial charge in [0.2, 0.25) is 0 Å². The molecule has 3 aromatic rings. The van der Waals surface area contributed by atoms with E-state index in [-0.39, 0.29) is 13.2 Å². The lowest BCUT2D eigenvalue weighted by atomic mass is 9.79. The first-order valence-corrected chi connectivity index (χ1v) is 13.3. The summed E-state index contributed by atoms with van der Waals surface area (Å²) >= 11 is 0. The Hall–Kier alpha value is -4.59. The van der Waals surface area contributed by atoms with Crippen LogP contribution in [0, 0.1) is 6.92 Å². The molecule has 8 heteroatoms. The van der Waals surface area contributed by atoms with E-state index in [4.69, 9.17) is 19.3 Å². The highest BCUT2D eigenvalue weighted by atomic mass is 16.5. The van der Waals surface area contributed by atoms with E-state index in [0.717, 1.165) is 16.8 Å². The first kappa shape index (κ1) is 28.4. The maximum absolute atomic E-state index is 13.4. The van der Waals surface area contributed by atoms with Gasteiger partial charge in [-0.25, -0.2) is 14.3 Å². The molecule has 2 aromatic carbocycles. The van der Waals surface area contributed by atoms with Crippen LogP contribution in [0.3, 0.4) is 0 Å². The van der Waals surface area contributed by atoms with Gasteiger partial charge in [-0.3, -0.25) is 0 Å². The predicted molar refractivity (Wildman–Crippen MR) is 154 cm³/mol. The van der Waals surface area contributed by atoms with Gasteiger partial charge >= 0.3 is 11.9 Å². The molecular formula is C32H35N3O5. The molecule has 208 valence electrons. The third-order valence-corrected chi connectivity index (χ3v) is 6.65. The minimum Gasteiger partial charge on any atom is -0.490 e. The predicted octanol–water partition coefficient (Wildman–Crippen LogP) is 5.77. The molecule has 1 N–H and O–H groups in total. The number of nitrogens with zero attached hydrogens (tertiary/aromatic N) is 2. The molecule has 0 fully saturated rings. The molecule has 0 spiro atoms. The van der Waals surface area contributed by atoms with Crippen molar-refractivity contribution in [2.75, 3.05) is 19.8 Å². The third kappa shape index (κ3) is 5.71. The molecule has 0 saturated heterocycles. The van der Waals surface area contributed by atoms with E-state index in [1.54, 1.807) is 24.6 Å². The molecule has 1 aliphatic heterocycles. The Morgan fingerprint density at radius 1 is 0.975 bits per heavy atom. The largest absolute Gasteiger partial charge is 0.490 e. The lowest BCUT2D eigenvalue weighted by molar-refractivity contribution is -0.139. The molecule has 1 aliphatic rings. The van der Waals surface area contributed by atoms with Crippen LogP contribution in [0.1, 0.15) is 44.7 Å². The summed E-state index contributed by atoms with van der Waals surface area (Å²) in [5.41, 5.74) is 5.81. The van der Waals surface area contributed by atoms with Gasteiger partial charge in [0.05, 0.1) is 41.7 Å². The van der Waals surface area contributed by atoms with Gasteiger partial charge in [0.25, 0.3) is 0 Å². The molecule has 0 saturated carbocycles. The summed E-state index contributed by atoms with van der Waals surface area (Å²) < 4.78 is 18.5. The number of allylic oxidation sites excluding steroid dienone is 2. The Morgan fingerprint density at radius 3 is 2.15 bits per heavy atom. The lowest BCUT2D eigenvalue weighted by Gasteiger charge is -2.30. The van der Waals surface area contributed by atoms with Crippen molar-refractivity contribution in [2.45, 2.75) is 40.5 Å². The fraction of sp³-hybridized carbons (Fsp3) is 0.281. The second kappa shape index (κ2) is 12.5. The lowest BCUT2D eigenvalue weighted by Crippen LogP contribution is -2.32. The van der Waals surface area contributed by atoms with Crippen molar-refractivity contribution in [3.63, 3.8) is 0 Å². The number of carbonyl (C=O) groups excluding carboxylic acids is 2. The van der Waals surface area contributed by atoms with E-state index in [1.807, 2.05) is 75.5 Å². The summed E-state index contributed by atoms with van der Waals surface area (Å²) in [6, 6.07) is 15.4. The van der Waals surface area contributed by atoms with Gasteiger partial charge in [0, 0.05) is 28.7 Å². The number of para-hydroxylation sites is 1. The molecule has 4 rings (SSSR count). The molecule has 0 amide bonds. The zero-order chi connectivity index (χ0) is 28.8. The number of aryl methyl sites for hydroxylation is 1. The molecular weight excluding hydrogens is 506 g/mol. The van der Waals surface area contributed by atoms with Crippen LogP contribution < -0.4 is 10.1 Å². The van der Waals surface area contributed by atoms with Crippen molar-refractivity contribution in [3.05, 3.63) is 101 Å². The number of carbonyl (C=O) groups is 2. The summed E-state index contributed by atoms with van der Waals surface area (Å²) in [5.74, 6) is -1.08. The Morgan fingerprint density at radius 2 is 1.60 bits per heavy atom. The Labute approximate surface area is 234 Å². The van der Waals surface area contributed by atoms with Crippen LogP contribution in [0.4, 0.5) is 0 Å². The maximum Gasteiger partial charge on any atom is 0.336 e. The van der Waals surface area contributed by atoms with Gasteiger partial charge in [0.1, 0.15) is 12.4 Å². The number of aromatic nitrogens is 2. The highest BCUT2D eigenvalue weighted by Crippen LogP contribution is 2.44. The molecule has 2 heterocycles. The van der Waals surface area contributed by atoms with E-state index in [2.05, 4.69) is 11.9 Å². The van der Waals surface area contributed by atoms with Crippen molar-refractivity contribution in [1.82, 2.24) is 15.1 Å². The monoisotopic (exact) mass is 541 g/mol. The van der Waals surface area contributed by atoms with Gasteiger partial charge in [0.15, 0.2) is 0 Å². The number of hydrogen-bond acceptors (Lipinski definition) is 7. The SMILES string of the molecule is C=CCOc1ccc(-c2nn(-c3ccccc3)cc2C2C(C(=O)OCC)=C(C)NC(C)=C2C(=O)OCC)c(C)c1. The van der Waals surface area contributed by atoms with E-state index in [0.29, 0.717) is 46.2 Å². The summed E-state index contributed by atoms with van der Waals surface area (Å²) in [4.78, 5) is 26.8. The van der Waals surface area contributed by atoms with E-state index < -0.39 is 17.9 Å². The maximum atomic E-state index is 13.4. The van der Waals surface area contributed by atoms with Crippen LogP contribution in [0.5, 0.6) is 5.75 Å². The number of dihydropyridines is 1. The topological polar surface area (TPSA) is 91.7 Å². The highest BCUT2D eigenvalue weighted by molar-refractivity contribution is 6.00. The van der Waals surface area contributed by atoms with Crippen LogP contribution in [0.2, 0.25) is 0 Å². The van der Waals surface area contributed by atoms with Crippen LogP contribution in [0.15, 0.2) is 89.9 Å². The van der Waals surface area contributed by atoms with Crippen molar-refractivity contribution in [3.8, 4) is 22.7 Å². The number of hydrogen-bond donors (Lipinski definition) is 1. The van der Waals surface area contributed by atoms with E-state index >= 15 is 0 Å². The molecule has 0 atom stereocenters. The van der Waals surface area contributed by atoms with Crippen molar-refractivity contribution >= 4 is 11.9 Å². The average molecular weight is 542 g/mol. The first-order valence-electron chi connectivity index (χ1n) is 13.3. The summed E-state index contributed by atoms with van der Waals surface area (Å²) in [5, 5.41) is 8.20. The minimum absolute atomic E-state index is 0.196. The molecule has 0 bridgehead atoms. The van der Waals surface area contributed by atoms with E-state index in [1.165, 1.54) is 0 Å². The molecule has 0 unspecified atom stereocenters. The minimum atomic E-state index is -0.775. The Bertz CT molecular complexity index is 1440. The summed E-state index contributed by atoms with van der Waals surface area (Å²) in [6.45, 7) is 13.6. The van der Waals surface area contributed by atoms with Crippen molar-refractivity contribution in [1.29, 1.82) is 0 Å². The van der Waals surface area contributed by atoms with Gasteiger partial charge < -0.3 is 19.5 Å². The van der Waals surface area contributed by atoms with Gasteiger partial charge in [-0.15, -0.1) is 0 Å². The summed E-state index contributed by atoms with van der Waals surface area (Å²) in [6.07, 6.45) is 3.57. The second-order valence-corrected chi connectivity index (χ2v) is 9.37. The Balaban J connectivity index is 2.00. The standard InChI is InChI=1S/C32H35N3O5/c1-7-17-40-24-15-16-25(20(4)18-24)30-26(19-35(34-30)23-13-11-10-12-14-23)29-27(31(36)38-8-2)21(5)33-22(6)28(29)32(37)39-9-3/h7,10-16,18-19,29,33H,1,8-9,17H2,2-6H3. The third-order valence-electron chi connectivity index (χ3n) is 6.65. The quantitative estimate of drug-likeness (QED) is 0.257. The van der Waals surface area contributed by atoms with Crippen molar-refractivity contribution < 1.29 is 23.8 Å². The zero-order valence-electron chi connectivity index (χ0n) is 23.6. The smallest absolute Gasteiger partial charge is 0.336 e. The fourth-order valence-corrected chi connectivity index (χ4v) is 4.93. The zero-order valence-corrected chi connectivity index (χ0v) is 23.6. The highest BCUT2D eigenvalue weighted by Gasteiger charge is 2.40. The molecule has 40 heavy (non-hydrogen) atoms. The number of rotatable bonds is 10. The molecule has 0 radical (unpaired) electrons. The molecule has 1 aromatic heterocycles. The number of esters is 2. The first-order chi connectivity index (χ1) is 19.3. The van der Waals surface area contributed by atoms with Gasteiger partial charge in [-0.05, 0) is 70.5 Å². The van der Waals surface area contributed by atoms with Crippen LogP contribution in [-0.4, -0.2) is 41.5 Å². The van der Waals surface area contributed by atoms with Gasteiger partial charge in [-0.1, -0.05) is 30.9 Å². The van der Waals surface area contributed by atoms with Gasteiger partial charge in [-0.2, -0.15) is 5.10 Å². The Kier molecular flexibility index (Phi) is 8.89. The molecule has 8 nitrogen and oxygen atoms in total. The normalized spacial score (nSPS) is 13.6. The van der Waals surface area contributed by atoms with E-state index in [9.17, 15) is 9.59 Å². The number of benzene rings is 2. The second-order valence-electron chi connectivity index (χ2n) is 9.37. The number of ether oxygens (including phenoxy) is 3. The van der Waals surface area contributed by atoms with Crippen molar-refractivity contribution in [2.24, 2.45) is 0 Å². The number of nitrogens with one attached hydrogen (secondary N) is 1.